The maximum Gasteiger partial charge on any atom is 0.155 e. The van der Waals surface area contributed by atoms with E-state index in [0.717, 1.165) is 124 Å². The lowest BCUT2D eigenvalue weighted by atomic mass is 10.1. The molecular formula is C53H106O14S6. The van der Waals surface area contributed by atoms with E-state index in [2.05, 4.69) is 17.6 Å². The first kappa shape index (κ1) is 70.9. The highest BCUT2D eigenvalue weighted by Crippen LogP contribution is 2.25. The molecule has 0 amide bonds. The van der Waals surface area contributed by atoms with Crippen molar-refractivity contribution in [2.45, 2.75) is 207 Å². The molecule has 10 unspecified atom stereocenters. The monoisotopic (exact) mass is 1160 g/mol. The van der Waals surface area contributed by atoms with Crippen LogP contribution in [-0.2, 0) is 87.5 Å². The average Bonchev–Trinajstić information content (AvgIpc) is 4.11. The number of rotatable bonds is 20. The molecule has 6 aliphatic rings. The summed E-state index contributed by atoms with van der Waals surface area (Å²) in [6.45, 7) is 27.3. The fraction of sp³-hybridized carbons (Fsp3) is 0.943. The SMILES string of the molecule is C=S1(=O)CCC(CCOC(C)C)C1.C=S1(=O)CCC(COC(C)C)C1.C=S1(=O)CCC(OC(C)C)C1.CC(C)OCC1CCCS1(=O)=O.CC(C)OCCC1CCCS1(=O)=O.CC(C)OCCC1CCS(=O)C1. The third-order valence-corrected chi connectivity index (χ3v) is 25.1. The van der Waals surface area contributed by atoms with Crippen LogP contribution in [0, 0.1) is 17.8 Å². The van der Waals surface area contributed by atoms with Crippen LogP contribution in [0.3, 0.4) is 0 Å². The van der Waals surface area contributed by atoms with Crippen LogP contribution in [0.5, 0.6) is 0 Å². The van der Waals surface area contributed by atoms with Gasteiger partial charge in [-0.05, 0) is 218 Å². The van der Waals surface area contributed by atoms with Crippen LogP contribution >= 0.6 is 0 Å². The molecule has 14 nitrogen and oxygen atoms in total. The summed E-state index contributed by atoms with van der Waals surface area (Å²) in [7, 11) is -11.3. The number of hydrogen-bond acceptors (Lipinski definition) is 14. The molecule has 10 atom stereocenters. The lowest BCUT2D eigenvalue weighted by Crippen LogP contribution is -2.23. The second-order valence-corrected chi connectivity index (χ2v) is 37.0. The van der Waals surface area contributed by atoms with E-state index in [9.17, 15) is 33.7 Å². The molecule has 0 aromatic rings. The Kier molecular flexibility index (Phi) is 34.4. The Morgan fingerprint density at radius 1 is 0.438 bits per heavy atom. The fourth-order valence-electron chi connectivity index (χ4n) is 8.85. The Morgan fingerprint density at radius 3 is 1.22 bits per heavy atom. The molecular weight excluding hydrogens is 1050 g/mol. The lowest BCUT2D eigenvalue weighted by Gasteiger charge is -2.13. The zero-order valence-corrected chi connectivity index (χ0v) is 52.5. The maximum atomic E-state index is 11.5. The quantitative estimate of drug-likeness (QED) is 0.109. The van der Waals surface area contributed by atoms with Gasteiger partial charge in [0.1, 0.15) is 0 Å². The van der Waals surface area contributed by atoms with E-state index in [4.69, 9.17) is 28.4 Å². The number of sulfone groups is 2. The lowest BCUT2D eigenvalue weighted by molar-refractivity contribution is 0.0235. The molecule has 0 bridgehead atoms. The summed E-state index contributed by atoms with van der Waals surface area (Å²) in [5.74, 6) is 20.0. The van der Waals surface area contributed by atoms with Crippen LogP contribution < -0.4 is 0 Å². The molecule has 0 saturated carbocycles. The zero-order chi connectivity index (χ0) is 55.6. The van der Waals surface area contributed by atoms with Crippen LogP contribution in [-0.4, -0.2) is 195 Å². The van der Waals surface area contributed by atoms with E-state index in [1.54, 1.807) is 0 Å². The van der Waals surface area contributed by atoms with E-state index >= 15 is 0 Å². The molecule has 73 heavy (non-hydrogen) atoms. The van der Waals surface area contributed by atoms with Crippen LogP contribution in [0.2, 0.25) is 0 Å². The fourth-order valence-corrected chi connectivity index (χ4v) is 20.0. The molecule has 6 heterocycles. The van der Waals surface area contributed by atoms with E-state index in [1.807, 2.05) is 83.1 Å². The normalized spacial score (nSPS) is 32.1. The minimum atomic E-state index is -2.81. The molecule has 6 fully saturated rings. The summed E-state index contributed by atoms with van der Waals surface area (Å²) in [5, 5.41) is -0.369. The second-order valence-electron chi connectivity index (χ2n) is 22.5. The molecule has 6 rings (SSSR count). The van der Waals surface area contributed by atoms with Crippen LogP contribution in [0.15, 0.2) is 0 Å². The molecule has 0 aromatic heterocycles. The van der Waals surface area contributed by atoms with Gasteiger partial charge in [-0.2, -0.15) is 0 Å². The van der Waals surface area contributed by atoms with Crippen molar-refractivity contribution in [1.29, 1.82) is 0 Å². The smallest absolute Gasteiger partial charge is 0.155 e. The van der Waals surface area contributed by atoms with Crippen molar-refractivity contribution in [2.75, 3.05) is 90.6 Å². The minimum absolute atomic E-state index is 0.126. The van der Waals surface area contributed by atoms with Gasteiger partial charge in [0.15, 0.2) is 19.7 Å². The van der Waals surface area contributed by atoms with Crippen molar-refractivity contribution in [3.05, 3.63) is 0 Å². The van der Waals surface area contributed by atoms with Gasteiger partial charge in [0.25, 0.3) is 0 Å². The van der Waals surface area contributed by atoms with Gasteiger partial charge in [-0.25, -0.2) is 16.8 Å². The first-order valence-corrected chi connectivity index (χ1v) is 38.3. The molecule has 438 valence electrons. The Labute approximate surface area is 451 Å². The highest BCUT2D eigenvalue weighted by Gasteiger charge is 2.32. The molecule has 0 radical (unpaired) electrons. The predicted molar refractivity (Wildman–Crippen MR) is 315 cm³/mol. The van der Waals surface area contributed by atoms with Crippen molar-refractivity contribution in [3.8, 4) is 0 Å². The van der Waals surface area contributed by atoms with Crippen LogP contribution in [0.4, 0.5) is 0 Å². The molecule has 0 spiro atoms. The number of ether oxygens (including phenoxy) is 6. The minimum Gasteiger partial charge on any atom is -0.379 e. The predicted octanol–water partition coefficient (Wildman–Crippen LogP) is 7.52. The van der Waals surface area contributed by atoms with Crippen molar-refractivity contribution in [2.24, 2.45) is 17.8 Å². The molecule has 0 N–H and O–H groups in total. The standard InChI is InChI=1S/C10H20O2S.C9H18O3S.2C9H18O2S.C8H16O3S.C8H16O2S/c1-9(2)12-6-4-10-5-7-13(3,11)8-10;1-8(2)12-6-5-9-4-3-7-13(9,10)11;1-8(2)11-6-9-4-5-12(3,10)7-9;1-8(2)11-5-3-9-4-6-12(10)7-9;1-7(2)11-6-8-4-3-5-12(8,9)10;1-7(2)10-8-4-5-11(3,9)6-8/h9-10H,3-8H2,1-2H3;8-9H,3-7H2,1-2H3;2*8-9H,3-7H2,1-2H3;7-8H,3-6H2,1-2H3;7-8H,3-6H2,1-2H3. The second kappa shape index (κ2) is 35.5. The molecule has 20 heteroatoms. The summed E-state index contributed by atoms with van der Waals surface area (Å²) >= 11 is 0. The Morgan fingerprint density at radius 2 is 0.849 bits per heavy atom. The average molecular weight is 1160 g/mol. The first-order chi connectivity index (χ1) is 33.7. The van der Waals surface area contributed by atoms with Gasteiger partial charge in [0.2, 0.25) is 0 Å². The van der Waals surface area contributed by atoms with Crippen molar-refractivity contribution in [3.63, 3.8) is 0 Å². The Balaban J connectivity index is 0.000000438. The summed E-state index contributed by atoms with van der Waals surface area (Å²) in [4.78, 5) is 0. The van der Waals surface area contributed by atoms with E-state index in [-0.39, 0.29) is 41.0 Å². The van der Waals surface area contributed by atoms with Crippen LogP contribution in [0.1, 0.15) is 154 Å². The maximum absolute atomic E-state index is 11.5. The van der Waals surface area contributed by atoms with Gasteiger partial charge in [-0.15, -0.1) is 0 Å². The summed E-state index contributed by atoms with van der Waals surface area (Å²) < 4.78 is 123. The van der Waals surface area contributed by atoms with Gasteiger partial charge < -0.3 is 28.4 Å². The summed E-state index contributed by atoms with van der Waals surface area (Å²) in [6, 6.07) is 0. The van der Waals surface area contributed by atoms with E-state index < -0.39 is 59.0 Å². The molecule has 6 saturated heterocycles. The van der Waals surface area contributed by atoms with Gasteiger partial charge in [-0.1, -0.05) is 0 Å². The Hall–Kier alpha value is -0.130. The summed E-state index contributed by atoms with van der Waals surface area (Å²) in [5.41, 5.74) is 0. The largest absolute Gasteiger partial charge is 0.379 e. The third-order valence-electron chi connectivity index (χ3n) is 12.9. The van der Waals surface area contributed by atoms with Gasteiger partial charge >= 0.3 is 0 Å². The van der Waals surface area contributed by atoms with Crippen LogP contribution in [0.25, 0.3) is 0 Å². The van der Waals surface area contributed by atoms with E-state index in [0.29, 0.717) is 66.9 Å². The molecule has 0 aliphatic carbocycles. The van der Waals surface area contributed by atoms with Crippen molar-refractivity contribution in [1.82, 2.24) is 0 Å². The van der Waals surface area contributed by atoms with Crippen molar-refractivity contribution < 1.29 is 62.1 Å². The topological polar surface area (TPSA) is 192 Å². The number of hydrogen-bond donors (Lipinski definition) is 0. The summed E-state index contributed by atoms with van der Waals surface area (Å²) in [6.07, 6.45) is 11.9. The van der Waals surface area contributed by atoms with Gasteiger partial charge in [-0.3, -0.25) is 16.8 Å². The Bertz CT molecular complexity index is 2080. The van der Waals surface area contributed by atoms with Crippen molar-refractivity contribution >= 4 is 76.7 Å². The van der Waals surface area contributed by atoms with E-state index in [1.165, 1.54) is 0 Å². The van der Waals surface area contributed by atoms with Gasteiger partial charge in [0.05, 0.1) is 77.9 Å². The highest BCUT2D eigenvalue weighted by molar-refractivity contribution is 8.01. The van der Waals surface area contributed by atoms with Gasteiger partial charge in [0, 0.05) is 76.6 Å². The first-order valence-electron chi connectivity index (χ1n) is 27.2. The molecule has 6 aliphatic heterocycles. The zero-order valence-electron chi connectivity index (χ0n) is 47.6. The molecule has 0 aromatic carbocycles. The highest BCUT2D eigenvalue weighted by atomic mass is 32.2. The third kappa shape index (κ3) is 35.2.